The minimum Gasteiger partial charge on any atom is -0.292 e. The standard InChI is InChI=1S/C11H15NOS2/c1-8-12-10(7-15-8)11(13)6-9-2-4-14-5-3-9/h7,9H,2-6H2,1H3. The number of carbonyl (C=O) groups excluding carboxylic acids is 1. The zero-order chi connectivity index (χ0) is 10.7. The third-order valence-corrected chi connectivity index (χ3v) is 4.54. The molecule has 0 bridgehead atoms. The van der Waals surface area contributed by atoms with E-state index in [0.717, 1.165) is 5.01 Å². The predicted molar refractivity (Wildman–Crippen MR) is 65.8 cm³/mol. The molecule has 0 N–H and O–H groups in total. The van der Waals surface area contributed by atoms with Gasteiger partial charge in [0.25, 0.3) is 0 Å². The predicted octanol–water partition coefficient (Wildman–Crippen LogP) is 3.17. The Hall–Kier alpha value is -0.350. The molecule has 1 aliphatic rings. The van der Waals surface area contributed by atoms with E-state index in [4.69, 9.17) is 0 Å². The molecule has 4 heteroatoms. The lowest BCUT2D eigenvalue weighted by molar-refractivity contribution is 0.0954. The second kappa shape index (κ2) is 5.12. The normalized spacial score (nSPS) is 17.9. The average Bonchev–Trinajstić information content (AvgIpc) is 2.66. The van der Waals surface area contributed by atoms with Crippen molar-refractivity contribution in [3.8, 4) is 0 Å². The lowest BCUT2D eigenvalue weighted by Crippen LogP contribution is -2.14. The number of thioether (sulfide) groups is 1. The van der Waals surface area contributed by atoms with E-state index in [1.54, 1.807) is 11.3 Å². The van der Waals surface area contributed by atoms with E-state index < -0.39 is 0 Å². The molecule has 1 aromatic rings. The van der Waals surface area contributed by atoms with E-state index in [0.29, 0.717) is 18.0 Å². The van der Waals surface area contributed by atoms with Crippen LogP contribution in [-0.4, -0.2) is 22.3 Å². The number of nitrogens with zero attached hydrogens (tertiary/aromatic N) is 1. The zero-order valence-corrected chi connectivity index (χ0v) is 10.5. The number of carbonyl (C=O) groups is 1. The topological polar surface area (TPSA) is 30.0 Å². The van der Waals surface area contributed by atoms with Crippen molar-refractivity contribution in [2.45, 2.75) is 26.2 Å². The van der Waals surface area contributed by atoms with Crippen LogP contribution in [0.25, 0.3) is 0 Å². The van der Waals surface area contributed by atoms with Gasteiger partial charge >= 0.3 is 0 Å². The summed E-state index contributed by atoms with van der Waals surface area (Å²) in [5.41, 5.74) is 0.677. The molecule has 1 saturated heterocycles. The van der Waals surface area contributed by atoms with Crippen molar-refractivity contribution in [3.63, 3.8) is 0 Å². The Balaban J connectivity index is 1.91. The van der Waals surface area contributed by atoms with Gasteiger partial charge in [-0.05, 0) is 37.2 Å². The summed E-state index contributed by atoms with van der Waals surface area (Å²) in [4.78, 5) is 16.1. The van der Waals surface area contributed by atoms with Crippen molar-refractivity contribution >= 4 is 28.9 Å². The fourth-order valence-electron chi connectivity index (χ4n) is 1.81. The van der Waals surface area contributed by atoms with Gasteiger partial charge in [-0.2, -0.15) is 11.8 Å². The van der Waals surface area contributed by atoms with Gasteiger partial charge in [0.1, 0.15) is 5.69 Å². The first-order valence-corrected chi connectivity index (χ1v) is 7.32. The minimum absolute atomic E-state index is 0.233. The Morgan fingerprint density at radius 2 is 2.27 bits per heavy atom. The van der Waals surface area contributed by atoms with E-state index in [9.17, 15) is 4.79 Å². The first-order chi connectivity index (χ1) is 7.25. The Kier molecular flexibility index (Phi) is 3.81. The second-order valence-electron chi connectivity index (χ2n) is 3.93. The van der Waals surface area contributed by atoms with Crippen molar-refractivity contribution < 1.29 is 4.79 Å². The van der Waals surface area contributed by atoms with Crippen LogP contribution in [0.15, 0.2) is 5.38 Å². The van der Waals surface area contributed by atoms with E-state index >= 15 is 0 Å². The Morgan fingerprint density at radius 1 is 1.53 bits per heavy atom. The van der Waals surface area contributed by atoms with E-state index in [-0.39, 0.29) is 5.78 Å². The Labute approximate surface area is 98.5 Å². The van der Waals surface area contributed by atoms with Gasteiger partial charge in [-0.3, -0.25) is 4.79 Å². The average molecular weight is 241 g/mol. The highest BCUT2D eigenvalue weighted by molar-refractivity contribution is 7.99. The van der Waals surface area contributed by atoms with E-state index in [1.807, 2.05) is 24.1 Å². The summed E-state index contributed by atoms with van der Waals surface area (Å²) in [5, 5.41) is 2.87. The zero-order valence-electron chi connectivity index (χ0n) is 8.86. The molecule has 82 valence electrons. The van der Waals surface area contributed by atoms with Crippen LogP contribution in [0.3, 0.4) is 0 Å². The van der Waals surface area contributed by atoms with Crippen LogP contribution in [-0.2, 0) is 0 Å². The van der Waals surface area contributed by atoms with Crippen LogP contribution in [0.5, 0.6) is 0 Å². The maximum atomic E-state index is 11.9. The molecule has 0 radical (unpaired) electrons. The van der Waals surface area contributed by atoms with Crippen LogP contribution < -0.4 is 0 Å². The van der Waals surface area contributed by atoms with Gasteiger partial charge in [0.2, 0.25) is 0 Å². The van der Waals surface area contributed by atoms with Gasteiger partial charge in [0.15, 0.2) is 5.78 Å². The molecule has 15 heavy (non-hydrogen) atoms. The SMILES string of the molecule is Cc1nc(C(=O)CC2CCSCC2)cs1. The van der Waals surface area contributed by atoms with Crippen molar-refractivity contribution in [3.05, 3.63) is 16.1 Å². The molecule has 0 amide bonds. The number of aryl methyl sites for hydroxylation is 1. The number of ketones is 1. The maximum absolute atomic E-state index is 11.9. The number of hydrogen-bond acceptors (Lipinski definition) is 4. The third-order valence-electron chi connectivity index (χ3n) is 2.72. The molecule has 1 fully saturated rings. The number of rotatable bonds is 3. The first-order valence-electron chi connectivity index (χ1n) is 5.29. The van der Waals surface area contributed by atoms with Crippen molar-refractivity contribution in [2.75, 3.05) is 11.5 Å². The van der Waals surface area contributed by atoms with Gasteiger partial charge < -0.3 is 0 Å². The van der Waals surface area contributed by atoms with Crippen LogP contribution >= 0.6 is 23.1 Å². The van der Waals surface area contributed by atoms with Gasteiger partial charge in [-0.1, -0.05) is 0 Å². The molecule has 0 saturated carbocycles. The molecule has 0 unspecified atom stereocenters. The van der Waals surface area contributed by atoms with Crippen LogP contribution in [0.1, 0.15) is 34.8 Å². The summed E-state index contributed by atoms with van der Waals surface area (Å²) in [6.45, 7) is 1.94. The molecule has 2 rings (SSSR count). The largest absolute Gasteiger partial charge is 0.292 e. The lowest BCUT2D eigenvalue weighted by Gasteiger charge is -2.19. The highest BCUT2D eigenvalue weighted by atomic mass is 32.2. The van der Waals surface area contributed by atoms with Gasteiger partial charge in [-0.15, -0.1) is 11.3 Å². The van der Waals surface area contributed by atoms with Crippen LogP contribution in [0.4, 0.5) is 0 Å². The Morgan fingerprint density at radius 3 is 2.87 bits per heavy atom. The molecule has 0 aliphatic carbocycles. The molecule has 0 spiro atoms. The molecule has 0 atom stereocenters. The molecule has 0 aromatic carbocycles. The molecule has 1 aliphatic heterocycles. The summed E-state index contributed by atoms with van der Waals surface area (Å²) >= 11 is 3.56. The number of Topliss-reactive ketones (excluding diaryl/α,β-unsaturated/α-hetero) is 1. The molecule has 2 nitrogen and oxygen atoms in total. The van der Waals surface area contributed by atoms with Crippen LogP contribution in [0.2, 0.25) is 0 Å². The number of aromatic nitrogens is 1. The summed E-state index contributed by atoms with van der Waals surface area (Å²) in [5.74, 6) is 3.26. The second-order valence-corrected chi connectivity index (χ2v) is 6.22. The van der Waals surface area contributed by atoms with E-state index in [2.05, 4.69) is 4.98 Å². The minimum atomic E-state index is 0.233. The quantitative estimate of drug-likeness (QED) is 0.761. The summed E-state index contributed by atoms with van der Waals surface area (Å²) in [6, 6.07) is 0. The number of thiazole rings is 1. The molecular weight excluding hydrogens is 226 g/mol. The third kappa shape index (κ3) is 3.05. The molecular formula is C11H15NOS2. The maximum Gasteiger partial charge on any atom is 0.182 e. The van der Waals surface area contributed by atoms with Crippen molar-refractivity contribution in [1.29, 1.82) is 0 Å². The smallest absolute Gasteiger partial charge is 0.182 e. The lowest BCUT2D eigenvalue weighted by atomic mass is 9.95. The first kappa shape index (κ1) is 11.1. The summed E-state index contributed by atoms with van der Waals surface area (Å²) in [7, 11) is 0. The monoisotopic (exact) mass is 241 g/mol. The van der Waals surface area contributed by atoms with Crippen molar-refractivity contribution in [1.82, 2.24) is 4.98 Å². The molecule has 1 aromatic heterocycles. The summed E-state index contributed by atoms with van der Waals surface area (Å²) < 4.78 is 0. The molecule has 2 heterocycles. The van der Waals surface area contributed by atoms with Gasteiger partial charge in [0, 0.05) is 11.8 Å². The fourth-order valence-corrected chi connectivity index (χ4v) is 3.63. The Bertz CT molecular complexity index is 342. The van der Waals surface area contributed by atoms with Gasteiger partial charge in [0.05, 0.1) is 5.01 Å². The van der Waals surface area contributed by atoms with Gasteiger partial charge in [-0.25, -0.2) is 4.98 Å². The number of hydrogen-bond donors (Lipinski definition) is 0. The van der Waals surface area contributed by atoms with Crippen LogP contribution in [0, 0.1) is 12.8 Å². The van der Waals surface area contributed by atoms with Crippen molar-refractivity contribution in [2.24, 2.45) is 5.92 Å². The van der Waals surface area contributed by atoms with E-state index in [1.165, 1.54) is 24.3 Å². The highest BCUT2D eigenvalue weighted by Gasteiger charge is 2.19. The fraction of sp³-hybridized carbons (Fsp3) is 0.636. The summed E-state index contributed by atoms with van der Waals surface area (Å²) in [6.07, 6.45) is 3.09. The highest BCUT2D eigenvalue weighted by Crippen LogP contribution is 2.26.